The maximum atomic E-state index is 11.2. The highest BCUT2D eigenvalue weighted by atomic mass is 35.7. The number of hydrogen-bond acceptors (Lipinski definition) is 4. The Balaban J connectivity index is 2.78. The zero-order valence-corrected chi connectivity index (χ0v) is 11.8. The summed E-state index contributed by atoms with van der Waals surface area (Å²) in [6.45, 7) is 2.09. The third kappa shape index (κ3) is 4.36. The predicted octanol–water partition coefficient (Wildman–Crippen LogP) is 1.78. The van der Waals surface area contributed by atoms with Crippen molar-refractivity contribution in [2.45, 2.75) is 11.8 Å². The van der Waals surface area contributed by atoms with E-state index in [1.807, 2.05) is 0 Å². The van der Waals surface area contributed by atoms with Crippen molar-refractivity contribution < 1.29 is 17.9 Å². The van der Waals surface area contributed by atoms with E-state index in [1.165, 1.54) is 12.1 Å². The van der Waals surface area contributed by atoms with Gasteiger partial charge in [-0.2, -0.15) is 0 Å². The van der Waals surface area contributed by atoms with Crippen molar-refractivity contribution in [3.63, 3.8) is 0 Å². The number of hydrogen-bond donors (Lipinski definition) is 1. The molecule has 1 amide bonds. The highest BCUT2D eigenvalue weighted by molar-refractivity contribution is 8.13. The number of nitrogens with one attached hydrogen (secondary N) is 1. The van der Waals surface area contributed by atoms with Crippen LogP contribution >= 0.6 is 22.3 Å². The standard InChI is InChI=1S/C10H11Cl2NO4S/c1-2-13-10(14)6-17-9-4-3-7(5-8(9)11)18(12,15)16/h3-5H,2,6H2,1H3,(H,13,14). The predicted molar refractivity (Wildman–Crippen MR) is 68.7 cm³/mol. The van der Waals surface area contributed by atoms with Crippen LogP contribution < -0.4 is 10.1 Å². The van der Waals surface area contributed by atoms with Crippen LogP contribution in [0.25, 0.3) is 0 Å². The highest BCUT2D eigenvalue weighted by Crippen LogP contribution is 2.28. The molecule has 100 valence electrons. The first kappa shape index (κ1) is 15.1. The molecule has 0 aliphatic carbocycles. The van der Waals surface area contributed by atoms with Crippen LogP contribution in [-0.2, 0) is 13.8 Å². The molecule has 0 saturated carbocycles. The van der Waals surface area contributed by atoms with Crippen molar-refractivity contribution in [2.24, 2.45) is 0 Å². The van der Waals surface area contributed by atoms with Crippen molar-refractivity contribution in [3.8, 4) is 5.75 Å². The molecule has 0 saturated heterocycles. The van der Waals surface area contributed by atoms with Gasteiger partial charge in [0.2, 0.25) is 0 Å². The third-order valence-electron chi connectivity index (χ3n) is 1.92. The zero-order valence-electron chi connectivity index (χ0n) is 9.44. The fourth-order valence-corrected chi connectivity index (χ4v) is 2.22. The Kier molecular flexibility index (Phi) is 5.25. The monoisotopic (exact) mass is 311 g/mol. The molecule has 8 heteroatoms. The molecule has 18 heavy (non-hydrogen) atoms. The number of halogens is 2. The van der Waals surface area contributed by atoms with Gasteiger partial charge in [-0.05, 0) is 25.1 Å². The number of ether oxygens (including phenoxy) is 1. The minimum Gasteiger partial charge on any atom is -0.482 e. The van der Waals surface area contributed by atoms with E-state index in [2.05, 4.69) is 5.32 Å². The molecule has 1 aromatic rings. The first-order valence-electron chi connectivity index (χ1n) is 4.98. The van der Waals surface area contributed by atoms with E-state index in [4.69, 9.17) is 27.0 Å². The number of amides is 1. The fraction of sp³-hybridized carbons (Fsp3) is 0.300. The maximum absolute atomic E-state index is 11.2. The summed E-state index contributed by atoms with van der Waals surface area (Å²) in [5, 5.41) is 2.62. The van der Waals surface area contributed by atoms with Crippen molar-refractivity contribution >= 4 is 37.2 Å². The van der Waals surface area contributed by atoms with Crippen molar-refractivity contribution in [3.05, 3.63) is 23.2 Å². The SMILES string of the molecule is CCNC(=O)COc1ccc(S(=O)(=O)Cl)cc1Cl. The van der Waals surface area contributed by atoms with E-state index in [-0.39, 0.29) is 28.2 Å². The van der Waals surface area contributed by atoms with Crippen LogP contribution in [0, 0.1) is 0 Å². The lowest BCUT2D eigenvalue weighted by atomic mass is 10.3. The Morgan fingerprint density at radius 1 is 1.44 bits per heavy atom. The number of benzene rings is 1. The second-order valence-electron chi connectivity index (χ2n) is 3.27. The van der Waals surface area contributed by atoms with Crippen LogP contribution in [0.3, 0.4) is 0 Å². The van der Waals surface area contributed by atoms with Gasteiger partial charge < -0.3 is 10.1 Å². The molecule has 0 unspecified atom stereocenters. The molecule has 0 aliphatic rings. The second-order valence-corrected chi connectivity index (χ2v) is 6.25. The molecule has 0 bridgehead atoms. The molecule has 0 fully saturated rings. The first-order valence-corrected chi connectivity index (χ1v) is 7.67. The fourth-order valence-electron chi connectivity index (χ4n) is 1.14. The van der Waals surface area contributed by atoms with Crippen LogP contribution in [-0.4, -0.2) is 27.5 Å². The topological polar surface area (TPSA) is 72.5 Å². The minimum atomic E-state index is -3.83. The Labute approximate surface area is 114 Å². The van der Waals surface area contributed by atoms with Crippen molar-refractivity contribution in [1.82, 2.24) is 5.32 Å². The van der Waals surface area contributed by atoms with Gasteiger partial charge >= 0.3 is 0 Å². The van der Waals surface area contributed by atoms with Crippen LogP contribution in [0.15, 0.2) is 23.1 Å². The average Bonchev–Trinajstić information content (AvgIpc) is 2.26. The summed E-state index contributed by atoms with van der Waals surface area (Å²) < 4.78 is 27.2. The summed E-state index contributed by atoms with van der Waals surface area (Å²) in [6.07, 6.45) is 0. The Morgan fingerprint density at radius 2 is 2.11 bits per heavy atom. The van der Waals surface area contributed by atoms with Gasteiger partial charge in [-0.1, -0.05) is 11.6 Å². The lowest BCUT2D eigenvalue weighted by Gasteiger charge is -2.08. The van der Waals surface area contributed by atoms with Crippen LogP contribution in [0.1, 0.15) is 6.92 Å². The molecule has 1 N–H and O–H groups in total. The molecule has 1 aromatic carbocycles. The second kappa shape index (κ2) is 6.26. The Hall–Kier alpha value is -0.980. The molecular weight excluding hydrogens is 301 g/mol. The molecule has 1 rings (SSSR count). The normalized spacial score (nSPS) is 11.1. The highest BCUT2D eigenvalue weighted by Gasteiger charge is 2.13. The van der Waals surface area contributed by atoms with Gasteiger partial charge in [0.1, 0.15) is 5.75 Å². The van der Waals surface area contributed by atoms with Gasteiger partial charge in [0.05, 0.1) is 9.92 Å². The lowest BCUT2D eigenvalue weighted by Crippen LogP contribution is -2.28. The van der Waals surface area contributed by atoms with E-state index in [1.54, 1.807) is 6.92 Å². The summed E-state index contributed by atoms with van der Waals surface area (Å²) >= 11 is 5.82. The summed E-state index contributed by atoms with van der Waals surface area (Å²) in [7, 11) is 1.33. The number of carbonyl (C=O) groups is 1. The molecule has 0 aliphatic heterocycles. The average molecular weight is 312 g/mol. The molecule has 0 spiro atoms. The summed E-state index contributed by atoms with van der Waals surface area (Å²) in [6, 6.07) is 3.76. The van der Waals surface area contributed by atoms with E-state index in [0.29, 0.717) is 6.54 Å². The van der Waals surface area contributed by atoms with E-state index < -0.39 is 9.05 Å². The van der Waals surface area contributed by atoms with E-state index >= 15 is 0 Å². The van der Waals surface area contributed by atoms with Gasteiger partial charge in [0.15, 0.2) is 6.61 Å². The van der Waals surface area contributed by atoms with Gasteiger partial charge in [-0.3, -0.25) is 4.79 Å². The summed E-state index contributed by atoms with van der Waals surface area (Å²) in [5.74, 6) is -0.0744. The largest absolute Gasteiger partial charge is 0.482 e. The van der Waals surface area contributed by atoms with Crippen LogP contribution in [0.5, 0.6) is 5.75 Å². The molecule has 0 heterocycles. The molecular formula is C10H11Cl2NO4S. The minimum absolute atomic E-state index is 0.0704. The van der Waals surface area contributed by atoms with Crippen molar-refractivity contribution in [1.29, 1.82) is 0 Å². The van der Waals surface area contributed by atoms with E-state index in [9.17, 15) is 13.2 Å². The smallest absolute Gasteiger partial charge is 0.261 e. The van der Waals surface area contributed by atoms with Gasteiger partial charge in [0, 0.05) is 17.2 Å². The molecule has 0 atom stereocenters. The number of likely N-dealkylation sites (N-methyl/N-ethyl adjacent to an activating group) is 1. The Bertz CT molecular complexity index is 545. The lowest BCUT2D eigenvalue weighted by molar-refractivity contribution is -0.122. The zero-order chi connectivity index (χ0) is 13.8. The summed E-state index contributed by atoms with van der Waals surface area (Å²) in [4.78, 5) is 11.0. The molecule has 0 aromatic heterocycles. The maximum Gasteiger partial charge on any atom is 0.261 e. The summed E-state index contributed by atoms with van der Waals surface area (Å²) in [5.41, 5.74) is 0. The molecule has 5 nitrogen and oxygen atoms in total. The number of carbonyl (C=O) groups excluding carboxylic acids is 1. The van der Waals surface area contributed by atoms with Crippen molar-refractivity contribution in [2.75, 3.05) is 13.2 Å². The van der Waals surface area contributed by atoms with E-state index in [0.717, 1.165) is 6.07 Å². The third-order valence-corrected chi connectivity index (χ3v) is 3.56. The van der Waals surface area contributed by atoms with Gasteiger partial charge in [-0.15, -0.1) is 0 Å². The van der Waals surface area contributed by atoms with Crippen LogP contribution in [0.2, 0.25) is 5.02 Å². The van der Waals surface area contributed by atoms with Gasteiger partial charge in [-0.25, -0.2) is 8.42 Å². The quantitative estimate of drug-likeness (QED) is 0.841. The van der Waals surface area contributed by atoms with Crippen LogP contribution in [0.4, 0.5) is 0 Å². The first-order chi connectivity index (χ1) is 8.34. The molecule has 0 radical (unpaired) electrons. The number of rotatable bonds is 5. The Morgan fingerprint density at radius 3 is 2.61 bits per heavy atom. The van der Waals surface area contributed by atoms with Gasteiger partial charge in [0.25, 0.3) is 15.0 Å².